The Morgan fingerprint density at radius 3 is 2.79 bits per heavy atom. The monoisotopic (exact) mass is 266 g/mol. The molecular weight excluding hydrogens is 244 g/mol. The first kappa shape index (κ1) is 15.2. The summed E-state index contributed by atoms with van der Waals surface area (Å²) >= 11 is 0. The van der Waals surface area contributed by atoms with E-state index in [1.54, 1.807) is 6.07 Å². The molecule has 1 aromatic heterocycles. The first-order chi connectivity index (χ1) is 9.11. The number of hydrogen-bond donors (Lipinski definition) is 3. The van der Waals surface area contributed by atoms with Crippen LogP contribution in [0.2, 0.25) is 0 Å². The number of carboxylic acid groups (broad SMARTS) is 1. The number of carbonyl (C=O) groups is 1. The molecule has 0 fully saturated rings. The summed E-state index contributed by atoms with van der Waals surface area (Å²) in [6.45, 7) is 4.86. The zero-order chi connectivity index (χ0) is 14.1. The Hall–Kier alpha value is -1.85. The molecule has 1 atom stereocenters. The van der Waals surface area contributed by atoms with Crippen molar-refractivity contribution >= 4 is 17.6 Å². The molecule has 0 spiro atoms. The van der Waals surface area contributed by atoms with E-state index in [0.717, 1.165) is 18.8 Å². The normalized spacial score (nSPS) is 11.9. The molecule has 0 bridgehead atoms. The second-order valence-electron chi connectivity index (χ2n) is 4.57. The average molecular weight is 266 g/mol. The fourth-order valence-corrected chi connectivity index (χ4v) is 1.69. The highest BCUT2D eigenvalue weighted by atomic mass is 16.4. The fraction of sp³-hybridized carbons (Fsp3) is 0.615. The van der Waals surface area contributed by atoms with Crippen LogP contribution >= 0.6 is 0 Å². The third-order valence-electron chi connectivity index (χ3n) is 2.63. The number of aliphatic carboxylic acids is 1. The minimum atomic E-state index is -0.827. The zero-order valence-electron chi connectivity index (χ0n) is 11.5. The Morgan fingerprint density at radius 1 is 1.37 bits per heavy atom. The van der Waals surface area contributed by atoms with Crippen LogP contribution in [0.25, 0.3) is 0 Å². The smallest absolute Gasteiger partial charge is 0.305 e. The van der Waals surface area contributed by atoms with E-state index in [2.05, 4.69) is 27.5 Å². The van der Waals surface area contributed by atoms with Gasteiger partial charge in [0.2, 0.25) is 0 Å². The van der Waals surface area contributed by atoms with Crippen molar-refractivity contribution in [3.63, 3.8) is 0 Å². The summed E-state index contributed by atoms with van der Waals surface area (Å²) in [5.41, 5.74) is 0. The summed E-state index contributed by atoms with van der Waals surface area (Å²) < 4.78 is 0. The molecule has 0 saturated carbocycles. The number of rotatable bonds is 9. The molecule has 0 radical (unpaired) electrons. The van der Waals surface area contributed by atoms with Crippen LogP contribution in [0, 0.1) is 0 Å². The Kier molecular flexibility index (Phi) is 6.63. The molecule has 1 heterocycles. The van der Waals surface area contributed by atoms with Gasteiger partial charge in [-0.2, -0.15) is 0 Å². The minimum absolute atomic E-state index is 0.0588. The Labute approximate surface area is 113 Å². The number of nitrogens with zero attached hydrogens (tertiary/aromatic N) is 2. The largest absolute Gasteiger partial charge is 0.481 e. The molecule has 0 amide bonds. The lowest BCUT2D eigenvalue weighted by molar-refractivity contribution is -0.137. The lowest BCUT2D eigenvalue weighted by Crippen LogP contribution is -2.20. The van der Waals surface area contributed by atoms with Crippen LogP contribution in [0.5, 0.6) is 0 Å². The minimum Gasteiger partial charge on any atom is -0.481 e. The molecule has 1 unspecified atom stereocenters. The third-order valence-corrected chi connectivity index (χ3v) is 2.63. The van der Waals surface area contributed by atoms with Crippen molar-refractivity contribution in [2.24, 2.45) is 0 Å². The molecule has 106 valence electrons. The average Bonchev–Trinajstić information content (AvgIpc) is 2.34. The topological polar surface area (TPSA) is 87.1 Å². The van der Waals surface area contributed by atoms with Crippen LogP contribution in [0.4, 0.5) is 11.6 Å². The van der Waals surface area contributed by atoms with Gasteiger partial charge >= 0.3 is 5.97 Å². The molecule has 0 aliphatic heterocycles. The summed E-state index contributed by atoms with van der Waals surface area (Å²) in [5, 5.41) is 15.0. The van der Waals surface area contributed by atoms with Crippen LogP contribution in [-0.4, -0.2) is 33.6 Å². The lowest BCUT2D eigenvalue weighted by atomic mass is 10.2. The van der Waals surface area contributed by atoms with E-state index in [1.165, 1.54) is 19.2 Å². The van der Waals surface area contributed by atoms with Crippen molar-refractivity contribution in [2.75, 3.05) is 17.2 Å². The number of carboxylic acids is 1. The quantitative estimate of drug-likeness (QED) is 0.595. The number of unbranched alkanes of at least 4 members (excludes halogenated alkanes) is 2. The van der Waals surface area contributed by atoms with Crippen LogP contribution in [0.1, 0.15) is 39.5 Å². The van der Waals surface area contributed by atoms with Crippen molar-refractivity contribution in [3.8, 4) is 0 Å². The van der Waals surface area contributed by atoms with Gasteiger partial charge in [-0.15, -0.1) is 0 Å². The van der Waals surface area contributed by atoms with E-state index in [9.17, 15) is 4.79 Å². The maximum atomic E-state index is 10.6. The molecule has 1 aromatic rings. The van der Waals surface area contributed by atoms with Gasteiger partial charge in [0.1, 0.15) is 18.0 Å². The lowest BCUT2D eigenvalue weighted by Gasteiger charge is -2.13. The summed E-state index contributed by atoms with van der Waals surface area (Å²) in [6, 6.07) is 1.63. The van der Waals surface area contributed by atoms with Crippen molar-refractivity contribution < 1.29 is 9.90 Å². The number of nitrogens with one attached hydrogen (secondary N) is 2. The van der Waals surface area contributed by atoms with Gasteiger partial charge < -0.3 is 15.7 Å². The van der Waals surface area contributed by atoms with Gasteiger partial charge in [-0.25, -0.2) is 9.97 Å². The molecule has 19 heavy (non-hydrogen) atoms. The van der Waals surface area contributed by atoms with Crippen molar-refractivity contribution in [1.29, 1.82) is 0 Å². The van der Waals surface area contributed by atoms with Crippen LogP contribution < -0.4 is 10.6 Å². The van der Waals surface area contributed by atoms with E-state index in [0.29, 0.717) is 5.82 Å². The van der Waals surface area contributed by atoms with E-state index in [1.807, 2.05) is 6.92 Å². The van der Waals surface area contributed by atoms with Crippen LogP contribution in [-0.2, 0) is 4.79 Å². The van der Waals surface area contributed by atoms with E-state index in [-0.39, 0.29) is 12.5 Å². The Balaban J connectivity index is 2.45. The first-order valence-electron chi connectivity index (χ1n) is 6.66. The van der Waals surface area contributed by atoms with E-state index >= 15 is 0 Å². The predicted octanol–water partition coefficient (Wildman–Crippen LogP) is 2.35. The molecular formula is C13H22N4O2. The van der Waals surface area contributed by atoms with Gasteiger partial charge in [0.05, 0.1) is 6.42 Å². The van der Waals surface area contributed by atoms with E-state index in [4.69, 9.17) is 5.11 Å². The molecule has 0 aromatic carbocycles. The van der Waals surface area contributed by atoms with Crippen LogP contribution in [0.3, 0.4) is 0 Å². The van der Waals surface area contributed by atoms with E-state index < -0.39 is 5.97 Å². The molecule has 6 nitrogen and oxygen atoms in total. The second kappa shape index (κ2) is 8.29. The Bertz CT molecular complexity index is 398. The summed E-state index contributed by atoms with van der Waals surface area (Å²) in [4.78, 5) is 18.8. The van der Waals surface area contributed by atoms with Crippen molar-refractivity contribution in [1.82, 2.24) is 9.97 Å². The van der Waals surface area contributed by atoms with Gasteiger partial charge in [-0.05, 0) is 13.3 Å². The standard InChI is InChI=1S/C13H22N4O2/c1-3-4-5-6-14-11-8-12(16-9-15-11)17-10(2)7-13(18)19/h8-10H,3-7H2,1-2H3,(H,18,19)(H2,14,15,16,17). The first-order valence-corrected chi connectivity index (χ1v) is 6.66. The molecule has 3 N–H and O–H groups in total. The number of aromatic nitrogens is 2. The number of anilines is 2. The maximum absolute atomic E-state index is 10.6. The zero-order valence-corrected chi connectivity index (χ0v) is 11.5. The second-order valence-corrected chi connectivity index (χ2v) is 4.57. The van der Waals surface area contributed by atoms with Gasteiger partial charge in [0, 0.05) is 18.7 Å². The third kappa shape index (κ3) is 6.59. The molecule has 0 aliphatic rings. The summed E-state index contributed by atoms with van der Waals surface area (Å²) in [5.74, 6) is 0.574. The molecule has 6 heteroatoms. The van der Waals surface area contributed by atoms with Crippen molar-refractivity contribution in [3.05, 3.63) is 12.4 Å². The fourth-order valence-electron chi connectivity index (χ4n) is 1.69. The molecule has 0 aliphatic carbocycles. The highest BCUT2D eigenvalue weighted by Crippen LogP contribution is 2.11. The highest BCUT2D eigenvalue weighted by molar-refractivity contribution is 5.68. The van der Waals surface area contributed by atoms with Gasteiger partial charge in [0.15, 0.2) is 0 Å². The van der Waals surface area contributed by atoms with Crippen LogP contribution in [0.15, 0.2) is 12.4 Å². The predicted molar refractivity (Wildman–Crippen MR) is 75.4 cm³/mol. The Morgan fingerprint density at radius 2 is 2.11 bits per heavy atom. The van der Waals surface area contributed by atoms with Gasteiger partial charge in [-0.3, -0.25) is 4.79 Å². The van der Waals surface area contributed by atoms with Crippen molar-refractivity contribution in [2.45, 2.75) is 45.6 Å². The highest BCUT2D eigenvalue weighted by Gasteiger charge is 2.08. The summed E-state index contributed by atoms with van der Waals surface area (Å²) in [7, 11) is 0. The molecule has 1 rings (SSSR count). The van der Waals surface area contributed by atoms with Gasteiger partial charge in [-0.1, -0.05) is 19.8 Å². The molecule has 0 saturated heterocycles. The summed E-state index contributed by atoms with van der Waals surface area (Å²) in [6.07, 6.45) is 5.02. The van der Waals surface area contributed by atoms with Gasteiger partial charge in [0.25, 0.3) is 0 Å². The SMILES string of the molecule is CCCCCNc1cc(NC(C)CC(=O)O)ncn1. The number of hydrogen-bond acceptors (Lipinski definition) is 5. The maximum Gasteiger partial charge on any atom is 0.305 e.